The standard InChI is InChI=1S/C19H21NO2/c1-15-7-9-17(10-8-15)19(21)20(13-18-14-22-18)12-11-16-5-3-2-4-6-16/h2-10,18H,11-14H2,1H3. The van der Waals surface area contributed by atoms with E-state index < -0.39 is 0 Å². The maximum Gasteiger partial charge on any atom is 0.253 e. The number of epoxide rings is 1. The second kappa shape index (κ2) is 6.75. The SMILES string of the molecule is Cc1ccc(C(=O)N(CCc2ccccc2)CC2CO2)cc1. The summed E-state index contributed by atoms with van der Waals surface area (Å²) in [6, 6.07) is 18.0. The third kappa shape index (κ3) is 3.95. The number of rotatable bonds is 6. The van der Waals surface area contributed by atoms with Crippen LogP contribution in [0.4, 0.5) is 0 Å². The van der Waals surface area contributed by atoms with Crippen molar-refractivity contribution in [3.8, 4) is 0 Å². The van der Waals surface area contributed by atoms with Gasteiger partial charge in [0.1, 0.15) is 0 Å². The van der Waals surface area contributed by atoms with Gasteiger partial charge in [-0.25, -0.2) is 0 Å². The fraction of sp³-hybridized carbons (Fsp3) is 0.316. The van der Waals surface area contributed by atoms with Crippen LogP contribution in [-0.4, -0.2) is 36.6 Å². The summed E-state index contributed by atoms with van der Waals surface area (Å²) in [5.41, 5.74) is 3.16. The van der Waals surface area contributed by atoms with Gasteiger partial charge < -0.3 is 9.64 Å². The van der Waals surface area contributed by atoms with Gasteiger partial charge in [-0.15, -0.1) is 0 Å². The number of amides is 1. The van der Waals surface area contributed by atoms with E-state index in [4.69, 9.17) is 4.74 Å². The molecular weight excluding hydrogens is 274 g/mol. The number of carbonyl (C=O) groups excluding carboxylic acids is 1. The third-order valence-corrected chi connectivity index (χ3v) is 3.93. The lowest BCUT2D eigenvalue weighted by atomic mass is 10.1. The quantitative estimate of drug-likeness (QED) is 0.767. The van der Waals surface area contributed by atoms with Crippen LogP contribution in [0.2, 0.25) is 0 Å². The summed E-state index contributed by atoms with van der Waals surface area (Å²) in [6.45, 7) is 4.19. The number of ether oxygens (including phenoxy) is 1. The van der Waals surface area contributed by atoms with Crippen molar-refractivity contribution in [3.05, 3.63) is 71.3 Å². The molecule has 2 aromatic carbocycles. The molecule has 2 aromatic rings. The summed E-state index contributed by atoms with van der Waals surface area (Å²) in [5.74, 6) is 0.0893. The summed E-state index contributed by atoms with van der Waals surface area (Å²) >= 11 is 0. The molecule has 0 spiro atoms. The smallest absolute Gasteiger partial charge is 0.253 e. The molecule has 0 bridgehead atoms. The summed E-state index contributed by atoms with van der Waals surface area (Å²) in [7, 11) is 0. The number of nitrogens with zero attached hydrogens (tertiary/aromatic N) is 1. The zero-order valence-electron chi connectivity index (χ0n) is 12.9. The van der Waals surface area contributed by atoms with Crippen LogP contribution in [0.15, 0.2) is 54.6 Å². The van der Waals surface area contributed by atoms with Gasteiger partial charge in [0.2, 0.25) is 0 Å². The van der Waals surface area contributed by atoms with Crippen molar-refractivity contribution in [1.82, 2.24) is 4.90 Å². The van der Waals surface area contributed by atoms with Gasteiger partial charge in [-0.1, -0.05) is 48.0 Å². The molecule has 3 heteroatoms. The monoisotopic (exact) mass is 295 g/mol. The van der Waals surface area contributed by atoms with Crippen LogP contribution in [0.3, 0.4) is 0 Å². The van der Waals surface area contributed by atoms with Gasteiger partial charge in [-0.05, 0) is 31.0 Å². The molecule has 1 fully saturated rings. The van der Waals surface area contributed by atoms with Crippen molar-refractivity contribution < 1.29 is 9.53 Å². The van der Waals surface area contributed by atoms with Crippen LogP contribution in [0, 0.1) is 6.92 Å². The van der Waals surface area contributed by atoms with Crippen molar-refractivity contribution in [2.24, 2.45) is 0 Å². The lowest BCUT2D eigenvalue weighted by molar-refractivity contribution is 0.0744. The first-order chi connectivity index (χ1) is 10.7. The normalized spacial score (nSPS) is 16.3. The zero-order chi connectivity index (χ0) is 15.4. The molecule has 1 aliphatic heterocycles. The average Bonchev–Trinajstić information content (AvgIpc) is 3.36. The number of benzene rings is 2. The molecule has 0 N–H and O–H groups in total. The summed E-state index contributed by atoms with van der Waals surface area (Å²) in [5, 5.41) is 0. The Labute approximate surface area is 131 Å². The molecule has 0 aliphatic carbocycles. The van der Waals surface area contributed by atoms with Crippen molar-refractivity contribution in [2.45, 2.75) is 19.4 Å². The van der Waals surface area contributed by atoms with Gasteiger partial charge >= 0.3 is 0 Å². The minimum atomic E-state index is 0.0893. The average molecular weight is 295 g/mol. The summed E-state index contributed by atoms with van der Waals surface area (Å²) in [6.07, 6.45) is 1.08. The summed E-state index contributed by atoms with van der Waals surface area (Å²) in [4.78, 5) is 14.6. The molecular formula is C19H21NO2. The zero-order valence-corrected chi connectivity index (χ0v) is 12.9. The molecule has 22 heavy (non-hydrogen) atoms. The lowest BCUT2D eigenvalue weighted by Crippen LogP contribution is -2.36. The van der Waals surface area contributed by atoms with E-state index in [9.17, 15) is 4.79 Å². The van der Waals surface area contributed by atoms with Crippen molar-refractivity contribution in [1.29, 1.82) is 0 Å². The predicted molar refractivity (Wildman–Crippen MR) is 87.0 cm³/mol. The highest BCUT2D eigenvalue weighted by atomic mass is 16.6. The molecule has 3 rings (SSSR count). The maximum absolute atomic E-state index is 12.7. The predicted octanol–water partition coefficient (Wildman–Crippen LogP) is 3.08. The van der Waals surface area contributed by atoms with Gasteiger partial charge in [0, 0.05) is 18.7 Å². The largest absolute Gasteiger partial charge is 0.371 e. The van der Waals surface area contributed by atoms with Crippen molar-refractivity contribution in [2.75, 3.05) is 19.7 Å². The van der Waals surface area contributed by atoms with Gasteiger partial charge in [0.25, 0.3) is 5.91 Å². The van der Waals surface area contributed by atoms with E-state index in [0.29, 0.717) is 6.54 Å². The van der Waals surface area contributed by atoms with Crippen LogP contribution in [0.5, 0.6) is 0 Å². The Morgan fingerprint density at radius 1 is 1.14 bits per heavy atom. The molecule has 1 amide bonds. The minimum absolute atomic E-state index is 0.0893. The highest BCUT2D eigenvalue weighted by Crippen LogP contribution is 2.15. The Kier molecular flexibility index (Phi) is 4.54. The molecule has 3 nitrogen and oxygen atoms in total. The highest BCUT2D eigenvalue weighted by molar-refractivity contribution is 5.94. The fourth-order valence-electron chi connectivity index (χ4n) is 2.48. The van der Waals surface area contributed by atoms with Gasteiger partial charge in [0.05, 0.1) is 12.7 Å². The Morgan fingerprint density at radius 3 is 2.45 bits per heavy atom. The Hall–Kier alpha value is -2.13. The second-order valence-corrected chi connectivity index (χ2v) is 5.81. The molecule has 0 radical (unpaired) electrons. The molecule has 1 heterocycles. The Morgan fingerprint density at radius 2 is 1.82 bits per heavy atom. The first-order valence-electron chi connectivity index (χ1n) is 7.74. The Bertz CT molecular complexity index is 618. The van der Waals surface area contributed by atoms with Crippen LogP contribution in [0.25, 0.3) is 0 Å². The molecule has 0 aromatic heterocycles. The van der Waals surface area contributed by atoms with E-state index in [1.54, 1.807) is 0 Å². The molecule has 1 atom stereocenters. The van der Waals surface area contributed by atoms with E-state index in [0.717, 1.165) is 30.7 Å². The van der Waals surface area contributed by atoms with Crippen molar-refractivity contribution in [3.63, 3.8) is 0 Å². The second-order valence-electron chi connectivity index (χ2n) is 5.81. The number of hydrogen-bond acceptors (Lipinski definition) is 2. The first-order valence-corrected chi connectivity index (χ1v) is 7.74. The lowest BCUT2D eigenvalue weighted by Gasteiger charge is -2.22. The minimum Gasteiger partial charge on any atom is -0.371 e. The van der Waals surface area contributed by atoms with Gasteiger partial charge in [0.15, 0.2) is 0 Å². The number of aryl methyl sites for hydroxylation is 1. The van der Waals surface area contributed by atoms with E-state index >= 15 is 0 Å². The highest BCUT2D eigenvalue weighted by Gasteiger charge is 2.28. The first kappa shape index (κ1) is 14.8. The van der Waals surface area contributed by atoms with Crippen molar-refractivity contribution >= 4 is 5.91 Å². The summed E-state index contributed by atoms with van der Waals surface area (Å²) < 4.78 is 5.30. The Balaban J connectivity index is 1.68. The third-order valence-electron chi connectivity index (χ3n) is 3.93. The molecule has 1 saturated heterocycles. The van der Waals surface area contributed by atoms with Gasteiger partial charge in [-0.3, -0.25) is 4.79 Å². The van der Waals surface area contributed by atoms with Crippen LogP contribution >= 0.6 is 0 Å². The number of hydrogen-bond donors (Lipinski definition) is 0. The molecule has 114 valence electrons. The van der Waals surface area contributed by atoms with Crippen LogP contribution < -0.4 is 0 Å². The van der Waals surface area contributed by atoms with E-state index in [1.807, 2.05) is 54.3 Å². The van der Waals surface area contributed by atoms with Crippen LogP contribution in [0.1, 0.15) is 21.5 Å². The molecule has 1 aliphatic rings. The molecule has 1 unspecified atom stereocenters. The van der Waals surface area contributed by atoms with E-state index in [-0.39, 0.29) is 12.0 Å². The number of carbonyl (C=O) groups is 1. The maximum atomic E-state index is 12.7. The van der Waals surface area contributed by atoms with E-state index in [2.05, 4.69) is 12.1 Å². The fourth-order valence-corrected chi connectivity index (χ4v) is 2.48. The topological polar surface area (TPSA) is 32.8 Å². The molecule has 0 saturated carbocycles. The van der Waals surface area contributed by atoms with Crippen LogP contribution in [-0.2, 0) is 11.2 Å². The van der Waals surface area contributed by atoms with E-state index in [1.165, 1.54) is 5.56 Å². The van der Waals surface area contributed by atoms with Gasteiger partial charge in [-0.2, -0.15) is 0 Å².